The van der Waals surface area contributed by atoms with Crippen molar-refractivity contribution in [2.45, 2.75) is 40.7 Å². The lowest BCUT2D eigenvalue weighted by Crippen LogP contribution is -2.27. The number of rotatable bonds is 21. The summed E-state index contributed by atoms with van der Waals surface area (Å²) >= 11 is 0. The normalized spacial score (nSPS) is 11.4. The monoisotopic (exact) mass is 723 g/mol. The van der Waals surface area contributed by atoms with Crippen molar-refractivity contribution in [3.63, 3.8) is 0 Å². The van der Waals surface area contributed by atoms with Crippen LogP contribution in [0.5, 0.6) is 34.5 Å². The van der Waals surface area contributed by atoms with Crippen molar-refractivity contribution in [1.82, 2.24) is 14.4 Å². The van der Waals surface area contributed by atoms with Crippen LogP contribution in [0.3, 0.4) is 0 Å². The molecule has 1 aromatic heterocycles. The number of likely N-dealkylation sites (N-methyl/N-ethyl adjacent to an activating group) is 2. The van der Waals surface area contributed by atoms with E-state index >= 15 is 0 Å². The molecule has 5 rings (SSSR count). The number of ether oxygens (including phenoxy) is 6. The average molecular weight is 724 g/mol. The second-order valence-electron chi connectivity index (χ2n) is 12.9. The van der Waals surface area contributed by atoms with Crippen LogP contribution in [-0.2, 0) is 13.0 Å². The first kappa shape index (κ1) is 39.3. The van der Waals surface area contributed by atoms with Crippen molar-refractivity contribution in [1.29, 1.82) is 0 Å². The van der Waals surface area contributed by atoms with Crippen LogP contribution in [0.15, 0.2) is 78.9 Å². The van der Waals surface area contributed by atoms with Crippen LogP contribution in [0.1, 0.15) is 44.4 Å². The third-order valence-electron chi connectivity index (χ3n) is 10.0. The number of hydrogen-bond acceptors (Lipinski definition) is 8. The molecule has 0 amide bonds. The van der Waals surface area contributed by atoms with Gasteiger partial charge >= 0.3 is 0 Å². The topological polar surface area (TPSA) is 66.8 Å². The van der Waals surface area contributed by atoms with E-state index in [9.17, 15) is 0 Å². The quantitative estimate of drug-likeness (QED) is 0.0748. The third kappa shape index (κ3) is 9.58. The van der Waals surface area contributed by atoms with Gasteiger partial charge in [-0.25, -0.2) is 0 Å². The molecule has 0 atom stereocenters. The maximum absolute atomic E-state index is 6.12. The predicted molar refractivity (Wildman–Crippen MR) is 215 cm³/mol. The van der Waals surface area contributed by atoms with E-state index in [-0.39, 0.29) is 0 Å². The van der Waals surface area contributed by atoms with Crippen LogP contribution in [0.25, 0.3) is 22.2 Å². The number of aromatic nitrogens is 1. The van der Waals surface area contributed by atoms with Crippen molar-refractivity contribution in [3.05, 3.63) is 95.6 Å². The largest absolute Gasteiger partial charge is 0.497 e. The van der Waals surface area contributed by atoms with Crippen LogP contribution in [0.4, 0.5) is 0 Å². The Labute approximate surface area is 315 Å². The van der Waals surface area contributed by atoms with E-state index in [1.807, 2.05) is 18.2 Å². The van der Waals surface area contributed by atoms with Crippen LogP contribution in [0, 0.1) is 0 Å². The number of hydrogen-bond donors (Lipinski definition) is 0. The van der Waals surface area contributed by atoms with Crippen LogP contribution in [0.2, 0.25) is 0 Å². The molecule has 9 nitrogen and oxygen atoms in total. The van der Waals surface area contributed by atoms with Crippen molar-refractivity contribution < 1.29 is 28.4 Å². The Hall–Kier alpha value is -4.86. The molecular weight excluding hydrogens is 666 g/mol. The summed E-state index contributed by atoms with van der Waals surface area (Å²) in [6, 6.07) is 27.3. The molecule has 284 valence electrons. The SMILES string of the molecule is CCN(CC)CCOc1ccc(Cc2c(-c3cc(OC)c(OC)c(OC)c3)n(Cc3ccc(OCCN(CC)CC)cc3)c3ccc(OC)cc23)cc1. The Kier molecular flexibility index (Phi) is 14.3. The Morgan fingerprint density at radius 1 is 0.547 bits per heavy atom. The number of nitrogens with zero attached hydrogens (tertiary/aromatic N) is 3. The van der Waals surface area contributed by atoms with E-state index in [0.717, 1.165) is 84.2 Å². The highest BCUT2D eigenvalue weighted by Crippen LogP contribution is 2.45. The molecular formula is C44H57N3O6. The molecule has 0 radical (unpaired) electrons. The fourth-order valence-corrected chi connectivity index (χ4v) is 6.87. The van der Waals surface area contributed by atoms with E-state index in [1.165, 1.54) is 11.1 Å². The first-order valence-corrected chi connectivity index (χ1v) is 18.8. The fourth-order valence-electron chi connectivity index (χ4n) is 6.87. The van der Waals surface area contributed by atoms with Crippen LogP contribution < -0.4 is 28.4 Å². The number of benzene rings is 4. The zero-order valence-corrected chi connectivity index (χ0v) is 32.9. The summed E-state index contributed by atoms with van der Waals surface area (Å²) < 4.78 is 37.8. The third-order valence-corrected chi connectivity index (χ3v) is 10.0. The van der Waals surface area contributed by atoms with Crippen LogP contribution >= 0.6 is 0 Å². The molecule has 53 heavy (non-hydrogen) atoms. The highest BCUT2D eigenvalue weighted by Gasteiger charge is 2.23. The van der Waals surface area contributed by atoms with E-state index in [4.69, 9.17) is 28.4 Å². The highest BCUT2D eigenvalue weighted by molar-refractivity contribution is 5.94. The Morgan fingerprint density at radius 2 is 1.06 bits per heavy atom. The van der Waals surface area contributed by atoms with Gasteiger partial charge in [-0.15, -0.1) is 0 Å². The Morgan fingerprint density at radius 3 is 1.53 bits per heavy atom. The van der Waals surface area contributed by atoms with E-state index in [1.54, 1.807) is 28.4 Å². The van der Waals surface area contributed by atoms with Gasteiger partial charge in [-0.2, -0.15) is 0 Å². The smallest absolute Gasteiger partial charge is 0.203 e. The molecule has 0 aliphatic carbocycles. The lowest BCUT2D eigenvalue weighted by atomic mass is 9.97. The van der Waals surface area contributed by atoms with Gasteiger partial charge in [0.2, 0.25) is 5.75 Å². The Bertz CT molecular complexity index is 1850. The average Bonchev–Trinajstić information content (AvgIpc) is 3.49. The molecule has 5 aromatic rings. The summed E-state index contributed by atoms with van der Waals surface area (Å²) in [6.07, 6.45) is 0.682. The minimum absolute atomic E-state index is 0.554. The van der Waals surface area contributed by atoms with Gasteiger partial charge in [0.05, 0.1) is 34.1 Å². The Balaban J connectivity index is 1.57. The standard InChI is InChI=1S/C44H57N3O6/c1-9-45(10-2)23-25-52-35-17-13-32(14-18-35)27-39-38-30-37(48-5)21-22-40(38)47(43(39)34-28-41(49-6)44(51-8)42(29-34)50-7)31-33-15-19-36(20-16-33)53-26-24-46(11-3)12-4/h13-22,28-30H,9-12,23-27,31H2,1-8H3. The second kappa shape index (κ2) is 19.3. The van der Waals surface area contributed by atoms with Gasteiger partial charge in [-0.3, -0.25) is 0 Å². The van der Waals surface area contributed by atoms with Crippen molar-refractivity contribution in [2.75, 3.05) is 80.9 Å². The fraction of sp³-hybridized carbons (Fsp3) is 0.409. The van der Waals surface area contributed by atoms with Gasteiger partial charge in [0.25, 0.3) is 0 Å². The maximum atomic E-state index is 6.12. The van der Waals surface area contributed by atoms with Gasteiger partial charge in [-0.05, 0) is 97.5 Å². The van der Waals surface area contributed by atoms with Gasteiger partial charge in [0, 0.05) is 42.5 Å². The predicted octanol–water partition coefficient (Wildman–Crippen LogP) is 8.42. The molecule has 0 aliphatic rings. The van der Waals surface area contributed by atoms with Gasteiger partial charge in [0.15, 0.2) is 11.5 Å². The minimum atomic E-state index is 0.554. The van der Waals surface area contributed by atoms with E-state index in [0.29, 0.717) is 43.4 Å². The molecule has 0 bridgehead atoms. The summed E-state index contributed by atoms with van der Waals surface area (Å²) in [6.45, 7) is 16.5. The maximum Gasteiger partial charge on any atom is 0.203 e. The zero-order chi connectivity index (χ0) is 37.7. The summed E-state index contributed by atoms with van der Waals surface area (Å²) in [5.41, 5.74) is 6.60. The number of fused-ring (bicyclic) bond motifs is 1. The summed E-state index contributed by atoms with van der Waals surface area (Å²) in [7, 11) is 6.64. The number of methoxy groups -OCH3 is 4. The van der Waals surface area contributed by atoms with Crippen molar-refractivity contribution in [2.24, 2.45) is 0 Å². The molecule has 0 N–H and O–H groups in total. The molecule has 0 unspecified atom stereocenters. The summed E-state index contributed by atoms with van der Waals surface area (Å²) in [5, 5.41) is 1.11. The first-order chi connectivity index (χ1) is 25.9. The van der Waals surface area contributed by atoms with E-state index < -0.39 is 0 Å². The van der Waals surface area contributed by atoms with Gasteiger partial charge in [0.1, 0.15) is 30.5 Å². The molecule has 0 saturated carbocycles. The zero-order valence-electron chi connectivity index (χ0n) is 32.9. The van der Waals surface area contributed by atoms with Crippen molar-refractivity contribution in [3.8, 4) is 45.8 Å². The lowest BCUT2D eigenvalue weighted by Gasteiger charge is -2.19. The first-order valence-electron chi connectivity index (χ1n) is 18.8. The molecule has 0 aliphatic heterocycles. The molecule has 4 aromatic carbocycles. The molecule has 0 spiro atoms. The van der Waals surface area contributed by atoms with E-state index in [2.05, 4.69) is 103 Å². The van der Waals surface area contributed by atoms with Crippen LogP contribution in [-0.4, -0.2) is 95.3 Å². The highest BCUT2D eigenvalue weighted by atomic mass is 16.5. The molecule has 0 saturated heterocycles. The summed E-state index contributed by atoms with van der Waals surface area (Å²) in [4.78, 5) is 4.72. The van der Waals surface area contributed by atoms with Gasteiger partial charge < -0.3 is 42.8 Å². The second-order valence-corrected chi connectivity index (χ2v) is 12.9. The van der Waals surface area contributed by atoms with Gasteiger partial charge in [-0.1, -0.05) is 52.0 Å². The lowest BCUT2D eigenvalue weighted by molar-refractivity contribution is 0.223. The molecule has 0 fully saturated rings. The molecule has 1 heterocycles. The summed E-state index contributed by atoms with van der Waals surface area (Å²) in [5.74, 6) is 4.29. The van der Waals surface area contributed by atoms with Crippen molar-refractivity contribution >= 4 is 10.9 Å². The minimum Gasteiger partial charge on any atom is -0.497 e. The molecule has 9 heteroatoms.